The number of rotatable bonds is 5. The lowest BCUT2D eigenvalue weighted by Crippen LogP contribution is -2.50. The van der Waals surface area contributed by atoms with Gasteiger partial charge in [0.2, 0.25) is 0 Å². The number of carbonyl (C=O) groups is 1. The van der Waals surface area contributed by atoms with Crippen molar-refractivity contribution in [3.05, 3.63) is 33.6 Å². The Labute approximate surface area is 122 Å². The Morgan fingerprint density at radius 3 is 2.29 bits per heavy atom. The molecule has 7 heteroatoms. The van der Waals surface area contributed by atoms with Crippen molar-refractivity contribution in [2.24, 2.45) is 5.41 Å². The lowest BCUT2D eigenvalue weighted by atomic mass is 9.74. The molecule has 0 amide bonds. The van der Waals surface area contributed by atoms with E-state index in [0.29, 0.717) is 0 Å². The van der Waals surface area contributed by atoms with Crippen LogP contribution >= 0.6 is 0 Å². The molecule has 0 fully saturated rings. The van der Waals surface area contributed by atoms with E-state index in [1.54, 1.807) is 13.8 Å². The van der Waals surface area contributed by atoms with Crippen molar-refractivity contribution in [3.8, 4) is 0 Å². The molecule has 1 aromatic rings. The van der Waals surface area contributed by atoms with Gasteiger partial charge in [-0.25, -0.2) is 4.39 Å². The maximum absolute atomic E-state index is 13.5. The first-order chi connectivity index (χ1) is 9.40. The van der Waals surface area contributed by atoms with Crippen LogP contribution in [0.5, 0.6) is 0 Å². The molecular weight excluding hydrogens is 279 g/mol. The van der Waals surface area contributed by atoms with E-state index in [0.717, 1.165) is 6.07 Å². The number of carboxylic acids is 1. The largest absolute Gasteiger partial charge is 0.481 e. The fraction of sp³-hybridized carbons (Fsp3) is 0.500. The number of carboxylic acid groups (broad SMARTS) is 1. The monoisotopic (exact) mass is 298 g/mol. The van der Waals surface area contributed by atoms with E-state index in [1.165, 1.54) is 26.8 Å². The van der Waals surface area contributed by atoms with Crippen LogP contribution in [0.1, 0.15) is 33.3 Å². The van der Waals surface area contributed by atoms with Crippen LogP contribution in [0, 0.1) is 28.3 Å². The molecule has 116 valence electrons. The van der Waals surface area contributed by atoms with Gasteiger partial charge in [-0.2, -0.15) is 0 Å². The van der Waals surface area contributed by atoms with Crippen LogP contribution in [0.2, 0.25) is 0 Å². The van der Waals surface area contributed by atoms with Crippen molar-refractivity contribution in [3.63, 3.8) is 0 Å². The average Bonchev–Trinajstić information content (AvgIpc) is 2.32. The number of aryl methyl sites for hydroxylation is 1. The lowest BCUT2D eigenvalue weighted by molar-refractivity contribution is -0.384. The Balaban J connectivity index is 3.33. The first-order valence-corrected chi connectivity index (χ1v) is 6.36. The summed E-state index contributed by atoms with van der Waals surface area (Å²) in [5.41, 5.74) is -2.27. The number of nitrogens with one attached hydrogen (secondary N) is 1. The van der Waals surface area contributed by atoms with Gasteiger partial charge in [-0.1, -0.05) is 0 Å². The van der Waals surface area contributed by atoms with Crippen molar-refractivity contribution < 1.29 is 19.2 Å². The van der Waals surface area contributed by atoms with Gasteiger partial charge >= 0.3 is 5.97 Å². The van der Waals surface area contributed by atoms with Gasteiger partial charge < -0.3 is 10.4 Å². The van der Waals surface area contributed by atoms with Crippen LogP contribution in [0.4, 0.5) is 15.8 Å². The number of hydrogen-bond donors (Lipinski definition) is 2. The third kappa shape index (κ3) is 3.12. The zero-order valence-electron chi connectivity index (χ0n) is 12.7. The Morgan fingerprint density at radius 1 is 1.33 bits per heavy atom. The highest BCUT2D eigenvalue weighted by Gasteiger charge is 2.44. The molecule has 0 bridgehead atoms. The van der Waals surface area contributed by atoms with Crippen molar-refractivity contribution in [1.82, 2.24) is 0 Å². The number of nitrogens with zero attached hydrogens (tertiary/aromatic N) is 1. The molecule has 0 atom stereocenters. The van der Waals surface area contributed by atoms with Crippen LogP contribution in [0.3, 0.4) is 0 Å². The Bertz CT molecular complexity index is 597. The molecule has 1 rings (SSSR count). The first kappa shape index (κ1) is 16.9. The normalized spacial score (nSPS) is 12.1. The number of nitro groups is 1. The lowest BCUT2D eigenvalue weighted by Gasteiger charge is -2.39. The van der Waals surface area contributed by atoms with E-state index in [2.05, 4.69) is 5.32 Å². The second-order valence-electron chi connectivity index (χ2n) is 6.06. The fourth-order valence-electron chi connectivity index (χ4n) is 1.68. The molecule has 6 nitrogen and oxygen atoms in total. The standard InChI is InChI=1S/C14H19FN2O4/c1-8-6-10(11(17(20)21)7-9(8)15)16-14(4,5)13(2,3)12(18)19/h6-7,16H,1-5H3,(H,18,19). The highest BCUT2D eigenvalue weighted by molar-refractivity contribution is 5.77. The predicted octanol–water partition coefficient (Wildman–Crippen LogP) is 3.34. The summed E-state index contributed by atoms with van der Waals surface area (Å²) in [6.45, 7) is 7.78. The highest BCUT2D eigenvalue weighted by atomic mass is 19.1. The summed E-state index contributed by atoms with van der Waals surface area (Å²) in [5.74, 6) is -1.72. The highest BCUT2D eigenvalue weighted by Crippen LogP contribution is 2.37. The van der Waals surface area contributed by atoms with E-state index in [-0.39, 0.29) is 11.3 Å². The molecule has 2 N–H and O–H groups in total. The maximum Gasteiger partial charge on any atom is 0.311 e. The third-order valence-electron chi connectivity index (χ3n) is 4.02. The number of nitro benzene ring substituents is 1. The van der Waals surface area contributed by atoms with Crippen LogP contribution in [-0.4, -0.2) is 21.5 Å². The molecular formula is C14H19FN2O4. The van der Waals surface area contributed by atoms with Crippen LogP contribution in [-0.2, 0) is 4.79 Å². The molecule has 21 heavy (non-hydrogen) atoms. The molecule has 0 heterocycles. The zero-order valence-corrected chi connectivity index (χ0v) is 12.7. The molecule has 0 unspecified atom stereocenters. The average molecular weight is 298 g/mol. The minimum Gasteiger partial charge on any atom is -0.481 e. The van der Waals surface area contributed by atoms with E-state index < -0.39 is 33.4 Å². The summed E-state index contributed by atoms with van der Waals surface area (Å²) in [6, 6.07) is 2.15. The molecule has 0 saturated carbocycles. The molecule has 0 spiro atoms. The molecule has 0 aromatic heterocycles. The summed E-state index contributed by atoms with van der Waals surface area (Å²) >= 11 is 0. The topological polar surface area (TPSA) is 92.5 Å². The third-order valence-corrected chi connectivity index (χ3v) is 4.02. The Kier molecular flexibility index (Phi) is 4.26. The number of anilines is 1. The molecule has 0 aliphatic heterocycles. The summed E-state index contributed by atoms with van der Waals surface area (Å²) < 4.78 is 13.5. The Morgan fingerprint density at radius 2 is 1.86 bits per heavy atom. The molecule has 0 saturated heterocycles. The van der Waals surface area contributed by atoms with Gasteiger partial charge in [0.25, 0.3) is 5.69 Å². The predicted molar refractivity (Wildman–Crippen MR) is 76.9 cm³/mol. The molecule has 0 aliphatic carbocycles. The summed E-state index contributed by atoms with van der Waals surface area (Å²) in [6.07, 6.45) is 0. The second-order valence-corrected chi connectivity index (χ2v) is 6.06. The smallest absolute Gasteiger partial charge is 0.311 e. The Hall–Kier alpha value is -2.18. The van der Waals surface area contributed by atoms with Gasteiger partial charge in [0.05, 0.1) is 16.4 Å². The number of benzene rings is 1. The first-order valence-electron chi connectivity index (χ1n) is 6.36. The van der Waals surface area contributed by atoms with Gasteiger partial charge in [0, 0.05) is 5.54 Å². The van der Waals surface area contributed by atoms with Crippen molar-refractivity contribution in [2.75, 3.05) is 5.32 Å². The van der Waals surface area contributed by atoms with Gasteiger partial charge in [0.15, 0.2) is 0 Å². The summed E-state index contributed by atoms with van der Waals surface area (Å²) in [4.78, 5) is 21.7. The molecule has 1 aromatic carbocycles. The van der Waals surface area contributed by atoms with E-state index in [1.807, 2.05) is 0 Å². The molecule has 0 aliphatic rings. The number of hydrogen-bond acceptors (Lipinski definition) is 4. The van der Waals surface area contributed by atoms with E-state index in [4.69, 9.17) is 0 Å². The van der Waals surface area contributed by atoms with E-state index >= 15 is 0 Å². The zero-order chi connectivity index (χ0) is 16.6. The minimum atomic E-state index is -1.19. The maximum atomic E-state index is 13.5. The van der Waals surface area contributed by atoms with Crippen molar-refractivity contribution in [1.29, 1.82) is 0 Å². The fourth-order valence-corrected chi connectivity index (χ4v) is 1.68. The van der Waals surface area contributed by atoms with Gasteiger partial charge in [0.1, 0.15) is 11.5 Å². The van der Waals surface area contributed by atoms with Crippen LogP contribution < -0.4 is 5.32 Å². The number of aliphatic carboxylic acids is 1. The van der Waals surface area contributed by atoms with Gasteiger partial charge in [-0.05, 0) is 46.2 Å². The quantitative estimate of drug-likeness (QED) is 0.642. The summed E-state index contributed by atoms with van der Waals surface area (Å²) in [5, 5.41) is 23.2. The van der Waals surface area contributed by atoms with Crippen LogP contribution in [0.15, 0.2) is 12.1 Å². The van der Waals surface area contributed by atoms with E-state index in [9.17, 15) is 24.4 Å². The van der Waals surface area contributed by atoms with Gasteiger partial charge in [-0.15, -0.1) is 0 Å². The van der Waals surface area contributed by atoms with Gasteiger partial charge in [-0.3, -0.25) is 14.9 Å². The van der Waals surface area contributed by atoms with Crippen molar-refractivity contribution >= 4 is 17.3 Å². The molecule has 0 radical (unpaired) electrons. The minimum absolute atomic E-state index is 0.0956. The SMILES string of the molecule is Cc1cc(NC(C)(C)C(C)(C)C(=O)O)c([N+](=O)[O-])cc1F. The van der Waals surface area contributed by atoms with Crippen molar-refractivity contribution in [2.45, 2.75) is 40.2 Å². The summed E-state index contributed by atoms with van der Waals surface area (Å²) in [7, 11) is 0. The van der Waals surface area contributed by atoms with Crippen LogP contribution in [0.25, 0.3) is 0 Å². The second kappa shape index (κ2) is 5.31. The number of halogens is 1.